The molecule has 0 saturated carbocycles. The maximum atomic E-state index is 11.4. The molecule has 0 spiro atoms. The van der Waals surface area contributed by atoms with E-state index < -0.39 is 0 Å². The molecule has 2 unspecified atom stereocenters. The minimum absolute atomic E-state index is 0.0394. The van der Waals surface area contributed by atoms with Crippen LogP contribution in [0.5, 0.6) is 0 Å². The van der Waals surface area contributed by atoms with Crippen molar-refractivity contribution in [2.24, 2.45) is 5.73 Å². The number of anilines is 1. The van der Waals surface area contributed by atoms with Gasteiger partial charge in [0.05, 0.1) is 9.59 Å². The summed E-state index contributed by atoms with van der Waals surface area (Å²) >= 11 is 8.77. The molecule has 0 bridgehead atoms. The third kappa shape index (κ3) is 3.73. The third-order valence-electron chi connectivity index (χ3n) is 2.33. The van der Waals surface area contributed by atoms with Gasteiger partial charge in [0.1, 0.15) is 5.82 Å². The van der Waals surface area contributed by atoms with Crippen LogP contribution in [-0.4, -0.2) is 16.0 Å². The minimum atomic E-state index is -0.275. The van der Waals surface area contributed by atoms with Gasteiger partial charge in [-0.1, -0.05) is 23.4 Å². The highest BCUT2D eigenvalue weighted by atomic mass is 35.5. The highest BCUT2D eigenvalue weighted by Gasteiger charge is 2.21. The lowest BCUT2D eigenvalue weighted by atomic mass is 10.2. The first kappa shape index (κ1) is 14.4. The van der Waals surface area contributed by atoms with Crippen LogP contribution in [0.4, 0.5) is 5.82 Å². The van der Waals surface area contributed by atoms with Crippen molar-refractivity contribution in [2.75, 3.05) is 5.73 Å². The Bertz CT molecular complexity index is 625. The van der Waals surface area contributed by atoms with Crippen molar-refractivity contribution in [1.82, 2.24) is 9.97 Å². The number of nitrogen functional groups attached to an aromatic ring is 1. The summed E-state index contributed by atoms with van der Waals surface area (Å²) in [5, 5.41) is 0.416. The number of nitrogens with two attached hydrogens (primary N) is 2. The van der Waals surface area contributed by atoms with Crippen LogP contribution in [0.15, 0.2) is 28.2 Å². The van der Waals surface area contributed by atoms with Gasteiger partial charge in [-0.25, -0.2) is 4.98 Å². The second kappa shape index (κ2) is 5.96. The largest absolute Gasteiger partial charge is 0.383 e. The number of nitrogens with one attached hydrogen (secondary N) is 1. The highest BCUT2D eigenvalue weighted by Crippen LogP contribution is 2.39. The number of aromatic amines is 1. The first-order valence-corrected chi connectivity index (χ1v) is 7.57. The van der Waals surface area contributed by atoms with Gasteiger partial charge in [-0.15, -0.1) is 11.3 Å². The molecule has 2 aromatic rings. The Hall–Kier alpha value is -1.02. The number of H-pyrrole nitrogens is 1. The van der Waals surface area contributed by atoms with Crippen LogP contribution in [0.1, 0.15) is 17.1 Å². The normalized spacial score (nSPS) is 14.3. The summed E-state index contributed by atoms with van der Waals surface area (Å²) in [5.74, 6) is 0.193. The Morgan fingerprint density at radius 3 is 2.79 bits per heavy atom. The molecule has 5 N–H and O–H groups in total. The van der Waals surface area contributed by atoms with E-state index in [2.05, 4.69) is 9.97 Å². The predicted molar refractivity (Wildman–Crippen MR) is 80.8 cm³/mol. The second-order valence-corrected chi connectivity index (χ2v) is 6.89. The van der Waals surface area contributed by atoms with E-state index in [-0.39, 0.29) is 22.7 Å². The number of hydrogen-bond acceptors (Lipinski definition) is 6. The van der Waals surface area contributed by atoms with E-state index in [4.69, 9.17) is 23.1 Å². The summed E-state index contributed by atoms with van der Waals surface area (Å²) < 4.78 is 0.704. The molecule has 2 heterocycles. The zero-order chi connectivity index (χ0) is 14.0. The van der Waals surface area contributed by atoms with Crippen molar-refractivity contribution in [3.8, 4) is 0 Å². The summed E-state index contributed by atoms with van der Waals surface area (Å²) in [6.45, 7) is 1.90. The molecule has 0 aliphatic heterocycles. The minimum Gasteiger partial charge on any atom is -0.383 e. The van der Waals surface area contributed by atoms with Gasteiger partial charge in [0.15, 0.2) is 5.16 Å². The van der Waals surface area contributed by atoms with E-state index in [1.807, 2.05) is 19.1 Å². The monoisotopic (exact) mass is 316 g/mol. The molecule has 0 aromatic carbocycles. The van der Waals surface area contributed by atoms with E-state index in [1.165, 1.54) is 29.2 Å². The van der Waals surface area contributed by atoms with Crippen LogP contribution < -0.4 is 17.0 Å². The quantitative estimate of drug-likeness (QED) is 0.593. The SMILES string of the molecule is CC(N)C(Sc1nc(N)cc(=O)[nH]1)c1ccc(Cl)s1. The fraction of sp³-hybridized carbons (Fsp3) is 0.273. The van der Waals surface area contributed by atoms with Crippen LogP contribution >= 0.6 is 34.7 Å². The molecule has 19 heavy (non-hydrogen) atoms. The topological polar surface area (TPSA) is 97.8 Å². The molecule has 0 saturated heterocycles. The van der Waals surface area contributed by atoms with Crippen molar-refractivity contribution in [3.05, 3.63) is 37.8 Å². The van der Waals surface area contributed by atoms with Gasteiger partial charge in [-0.2, -0.15) is 0 Å². The maximum absolute atomic E-state index is 11.4. The number of halogens is 1. The molecule has 2 atom stereocenters. The zero-order valence-corrected chi connectivity index (χ0v) is 12.5. The molecule has 0 fully saturated rings. The highest BCUT2D eigenvalue weighted by molar-refractivity contribution is 7.99. The van der Waals surface area contributed by atoms with Gasteiger partial charge in [0.2, 0.25) is 0 Å². The van der Waals surface area contributed by atoms with Crippen LogP contribution in [-0.2, 0) is 0 Å². The van der Waals surface area contributed by atoms with Crippen LogP contribution in [0.2, 0.25) is 4.34 Å². The van der Waals surface area contributed by atoms with Crippen molar-refractivity contribution in [1.29, 1.82) is 0 Å². The van der Waals surface area contributed by atoms with Gasteiger partial charge in [0, 0.05) is 17.0 Å². The van der Waals surface area contributed by atoms with E-state index in [0.717, 1.165) is 4.88 Å². The smallest absolute Gasteiger partial charge is 0.253 e. The fourth-order valence-electron chi connectivity index (χ4n) is 1.54. The number of rotatable bonds is 4. The average Bonchev–Trinajstić information content (AvgIpc) is 2.70. The molecular weight excluding hydrogens is 304 g/mol. The molecule has 5 nitrogen and oxygen atoms in total. The lowest BCUT2D eigenvalue weighted by molar-refractivity contribution is 0.726. The Labute approximate surface area is 123 Å². The standard InChI is InChI=1S/C11H13ClN4OS2/c1-5(13)10(6-2-3-7(12)18-6)19-11-15-8(14)4-9(17)16-11/h2-5,10H,13H2,1H3,(H3,14,15,16,17). The molecule has 0 aliphatic rings. The number of nitrogens with zero attached hydrogens (tertiary/aromatic N) is 1. The number of thioether (sulfide) groups is 1. The molecule has 2 aromatic heterocycles. The van der Waals surface area contributed by atoms with E-state index in [1.54, 1.807) is 0 Å². The summed E-state index contributed by atoms with van der Waals surface area (Å²) in [4.78, 5) is 19.1. The summed E-state index contributed by atoms with van der Waals surface area (Å²) in [5.41, 5.74) is 11.3. The first-order chi connectivity index (χ1) is 8.95. The molecule has 2 rings (SSSR count). The van der Waals surface area contributed by atoms with Gasteiger partial charge in [-0.3, -0.25) is 4.79 Å². The molecule has 0 radical (unpaired) electrons. The van der Waals surface area contributed by atoms with E-state index >= 15 is 0 Å². The fourth-order valence-corrected chi connectivity index (χ4v) is 3.95. The van der Waals surface area contributed by atoms with Crippen molar-refractivity contribution < 1.29 is 0 Å². The van der Waals surface area contributed by atoms with Gasteiger partial charge >= 0.3 is 0 Å². The second-order valence-electron chi connectivity index (χ2n) is 4.01. The number of thiophene rings is 1. The Morgan fingerprint density at radius 2 is 2.26 bits per heavy atom. The predicted octanol–water partition coefficient (Wildman–Crippen LogP) is 2.25. The van der Waals surface area contributed by atoms with Crippen LogP contribution in [0.3, 0.4) is 0 Å². The lowest BCUT2D eigenvalue weighted by Crippen LogP contribution is -2.22. The Morgan fingerprint density at radius 1 is 1.53 bits per heavy atom. The van der Waals surface area contributed by atoms with Crippen molar-refractivity contribution in [3.63, 3.8) is 0 Å². The molecule has 0 aliphatic carbocycles. The van der Waals surface area contributed by atoms with E-state index in [0.29, 0.717) is 9.49 Å². The number of hydrogen-bond donors (Lipinski definition) is 3. The molecule has 8 heteroatoms. The van der Waals surface area contributed by atoms with E-state index in [9.17, 15) is 4.79 Å². The van der Waals surface area contributed by atoms with Crippen molar-refractivity contribution in [2.45, 2.75) is 23.4 Å². The van der Waals surface area contributed by atoms with Gasteiger partial charge < -0.3 is 16.5 Å². The lowest BCUT2D eigenvalue weighted by Gasteiger charge is -2.18. The van der Waals surface area contributed by atoms with Crippen molar-refractivity contribution >= 4 is 40.5 Å². The summed E-state index contributed by atoms with van der Waals surface area (Å²) in [6.07, 6.45) is 0. The first-order valence-electron chi connectivity index (χ1n) is 5.50. The summed E-state index contributed by atoms with van der Waals surface area (Å²) in [6, 6.07) is 4.88. The van der Waals surface area contributed by atoms with Gasteiger partial charge in [0.25, 0.3) is 5.56 Å². The Balaban J connectivity index is 2.28. The van der Waals surface area contributed by atoms with Gasteiger partial charge in [-0.05, 0) is 19.1 Å². The third-order valence-corrected chi connectivity index (χ3v) is 5.15. The molecule has 0 amide bonds. The zero-order valence-electron chi connectivity index (χ0n) is 10.1. The Kier molecular flexibility index (Phi) is 4.51. The molecular formula is C11H13ClN4OS2. The van der Waals surface area contributed by atoms with Crippen LogP contribution in [0, 0.1) is 0 Å². The summed E-state index contributed by atoms with van der Waals surface area (Å²) in [7, 11) is 0. The molecule has 102 valence electrons. The maximum Gasteiger partial charge on any atom is 0.253 e. The number of aromatic nitrogens is 2. The average molecular weight is 317 g/mol. The van der Waals surface area contributed by atoms with Crippen LogP contribution in [0.25, 0.3) is 0 Å².